The molecule has 0 amide bonds. The molecule has 0 saturated carbocycles. The van der Waals surface area contributed by atoms with Crippen LogP contribution in [0.4, 0.5) is 0 Å². The standard InChI is InChI=1S/C15H21NO2/c1-11(14(16)12-5-3-2-4-6-12)15(17)13-7-9-18-10-8-13/h2-6,11,13-14H,7-10,16H2,1H3. The molecule has 2 rings (SSSR count). The topological polar surface area (TPSA) is 52.3 Å². The van der Waals surface area contributed by atoms with E-state index in [-0.39, 0.29) is 23.7 Å². The molecule has 3 nitrogen and oxygen atoms in total. The van der Waals surface area contributed by atoms with Gasteiger partial charge in [0.1, 0.15) is 5.78 Å². The van der Waals surface area contributed by atoms with Crippen molar-refractivity contribution < 1.29 is 9.53 Å². The minimum absolute atomic E-state index is 0.128. The number of nitrogens with two attached hydrogens (primary N) is 1. The summed E-state index contributed by atoms with van der Waals surface area (Å²) in [5.74, 6) is 0.286. The number of benzene rings is 1. The summed E-state index contributed by atoms with van der Waals surface area (Å²) in [6.07, 6.45) is 1.68. The highest BCUT2D eigenvalue weighted by molar-refractivity contribution is 5.84. The van der Waals surface area contributed by atoms with Crippen LogP contribution in [0.15, 0.2) is 30.3 Å². The molecule has 0 bridgehead atoms. The number of rotatable bonds is 4. The number of carbonyl (C=O) groups is 1. The van der Waals surface area contributed by atoms with Gasteiger partial charge in [-0.3, -0.25) is 4.79 Å². The van der Waals surface area contributed by atoms with Crippen molar-refractivity contribution in [3.05, 3.63) is 35.9 Å². The molecule has 1 saturated heterocycles. The molecule has 0 radical (unpaired) electrons. The Labute approximate surface area is 108 Å². The van der Waals surface area contributed by atoms with Crippen LogP contribution in [-0.2, 0) is 9.53 Å². The van der Waals surface area contributed by atoms with Gasteiger partial charge in [0.15, 0.2) is 0 Å². The fourth-order valence-electron chi connectivity index (χ4n) is 2.49. The Morgan fingerprint density at radius 3 is 2.50 bits per heavy atom. The van der Waals surface area contributed by atoms with Crippen LogP contribution in [0, 0.1) is 11.8 Å². The molecule has 98 valence electrons. The van der Waals surface area contributed by atoms with E-state index >= 15 is 0 Å². The summed E-state index contributed by atoms with van der Waals surface area (Å²) in [5, 5.41) is 0. The first-order valence-corrected chi connectivity index (χ1v) is 6.62. The molecule has 0 spiro atoms. The minimum atomic E-state index is -0.207. The minimum Gasteiger partial charge on any atom is -0.381 e. The quantitative estimate of drug-likeness (QED) is 0.888. The van der Waals surface area contributed by atoms with Crippen LogP contribution in [0.2, 0.25) is 0 Å². The van der Waals surface area contributed by atoms with Gasteiger partial charge in [-0.15, -0.1) is 0 Å². The van der Waals surface area contributed by atoms with Crippen molar-refractivity contribution >= 4 is 5.78 Å². The molecule has 0 aliphatic carbocycles. The molecule has 3 heteroatoms. The van der Waals surface area contributed by atoms with E-state index in [1.807, 2.05) is 37.3 Å². The van der Waals surface area contributed by atoms with Gasteiger partial charge in [-0.1, -0.05) is 37.3 Å². The van der Waals surface area contributed by atoms with Crippen LogP contribution in [0.3, 0.4) is 0 Å². The Kier molecular flexibility index (Phi) is 4.50. The average molecular weight is 247 g/mol. The molecule has 2 atom stereocenters. The maximum atomic E-state index is 12.4. The van der Waals surface area contributed by atoms with E-state index in [0.29, 0.717) is 13.2 Å². The normalized spacial score (nSPS) is 20.3. The predicted octanol–water partition coefficient (Wildman–Crippen LogP) is 2.32. The molecule has 1 aliphatic heterocycles. The zero-order valence-electron chi connectivity index (χ0n) is 10.8. The second-order valence-corrected chi connectivity index (χ2v) is 5.01. The molecule has 2 N–H and O–H groups in total. The van der Waals surface area contributed by atoms with Crippen LogP contribution in [0.1, 0.15) is 31.4 Å². The van der Waals surface area contributed by atoms with Crippen molar-refractivity contribution in [3.63, 3.8) is 0 Å². The van der Waals surface area contributed by atoms with E-state index < -0.39 is 0 Å². The smallest absolute Gasteiger partial charge is 0.140 e. The van der Waals surface area contributed by atoms with Crippen LogP contribution >= 0.6 is 0 Å². The Bertz CT molecular complexity index is 385. The molecule has 18 heavy (non-hydrogen) atoms. The number of ketones is 1. The first-order valence-electron chi connectivity index (χ1n) is 6.62. The summed E-state index contributed by atoms with van der Waals surface area (Å²) in [7, 11) is 0. The van der Waals surface area contributed by atoms with Gasteiger partial charge in [-0.2, -0.15) is 0 Å². The first-order chi connectivity index (χ1) is 8.70. The van der Waals surface area contributed by atoms with E-state index in [4.69, 9.17) is 10.5 Å². The first kappa shape index (κ1) is 13.2. The average Bonchev–Trinajstić information content (AvgIpc) is 2.47. The summed E-state index contributed by atoms with van der Waals surface area (Å²) in [6.45, 7) is 3.34. The van der Waals surface area contributed by atoms with Gasteiger partial charge < -0.3 is 10.5 Å². The molecule has 1 aromatic rings. The number of hydrogen-bond donors (Lipinski definition) is 1. The number of hydrogen-bond acceptors (Lipinski definition) is 3. The Balaban J connectivity index is 2.01. The van der Waals surface area contributed by atoms with Crippen molar-refractivity contribution in [2.45, 2.75) is 25.8 Å². The Morgan fingerprint density at radius 2 is 1.89 bits per heavy atom. The molecule has 1 aromatic carbocycles. The lowest BCUT2D eigenvalue weighted by Gasteiger charge is -2.26. The van der Waals surface area contributed by atoms with Gasteiger partial charge in [0.2, 0.25) is 0 Å². The predicted molar refractivity (Wildman–Crippen MR) is 71.1 cm³/mol. The van der Waals surface area contributed by atoms with E-state index in [9.17, 15) is 4.79 Å². The summed E-state index contributed by atoms with van der Waals surface area (Å²) < 4.78 is 5.29. The highest BCUT2D eigenvalue weighted by atomic mass is 16.5. The number of Topliss-reactive ketones (excluding diaryl/α,β-unsaturated/α-hetero) is 1. The van der Waals surface area contributed by atoms with E-state index in [0.717, 1.165) is 18.4 Å². The van der Waals surface area contributed by atoms with Crippen molar-refractivity contribution in [1.29, 1.82) is 0 Å². The molecular formula is C15H21NO2. The molecule has 1 aliphatic rings. The van der Waals surface area contributed by atoms with Crippen LogP contribution in [0.25, 0.3) is 0 Å². The molecule has 1 fully saturated rings. The van der Waals surface area contributed by atoms with Crippen LogP contribution < -0.4 is 5.73 Å². The van der Waals surface area contributed by atoms with E-state index in [2.05, 4.69) is 0 Å². The molecule has 0 aromatic heterocycles. The largest absolute Gasteiger partial charge is 0.381 e. The van der Waals surface area contributed by atoms with Gasteiger partial charge in [-0.25, -0.2) is 0 Å². The Hall–Kier alpha value is -1.19. The molecule has 1 heterocycles. The number of carbonyl (C=O) groups excluding carboxylic acids is 1. The number of ether oxygens (including phenoxy) is 1. The fraction of sp³-hybridized carbons (Fsp3) is 0.533. The lowest BCUT2D eigenvalue weighted by atomic mass is 9.83. The third-order valence-corrected chi connectivity index (χ3v) is 3.80. The van der Waals surface area contributed by atoms with Crippen molar-refractivity contribution in [1.82, 2.24) is 0 Å². The second kappa shape index (κ2) is 6.12. The summed E-state index contributed by atoms with van der Waals surface area (Å²) in [5.41, 5.74) is 7.23. The van der Waals surface area contributed by atoms with Gasteiger partial charge in [0, 0.05) is 31.1 Å². The zero-order chi connectivity index (χ0) is 13.0. The van der Waals surface area contributed by atoms with Gasteiger partial charge in [0.05, 0.1) is 0 Å². The summed E-state index contributed by atoms with van der Waals surface area (Å²) >= 11 is 0. The SMILES string of the molecule is CC(C(=O)C1CCOCC1)C(N)c1ccccc1. The molecular weight excluding hydrogens is 226 g/mol. The van der Waals surface area contributed by atoms with Crippen molar-refractivity contribution in [3.8, 4) is 0 Å². The molecule has 2 unspecified atom stereocenters. The zero-order valence-corrected chi connectivity index (χ0v) is 10.8. The highest BCUT2D eigenvalue weighted by Crippen LogP contribution is 2.26. The summed E-state index contributed by atoms with van der Waals surface area (Å²) in [6, 6.07) is 9.64. The van der Waals surface area contributed by atoms with Crippen molar-refractivity contribution in [2.75, 3.05) is 13.2 Å². The van der Waals surface area contributed by atoms with Gasteiger partial charge in [-0.05, 0) is 18.4 Å². The van der Waals surface area contributed by atoms with Crippen LogP contribution in [-0.4, -0.2) is 19.0 Å². The summed E-state index contributed by atoms with van der Waals surface area (Å²) in [4.78, 5) is 12.4. The van der Waals surface area contributed by atoms with E-state index in [1.54, 1.807) is 0 Å². The van der Waals surface area contributed by atoms with Gasteiger partial charge >= 0.3 is 0 Å². The fourth-order valence-corrected chi connectivity index (χ4v) is 2.49. The highest BCUT2D eigenvalue weighted by Gasteiger charge is 2.29. The lowest BCUT2D eigenvalue weighted by Crippen LogP contribution is -2.33. The third kappa shape index (κ3) is 2.98. The van der Waals surface area contributed by atoms with E-state index in [1.165, 1.54) is 0 Å². The van der Waals surface area contributed by atoms with Crippen molar-refractivity contribution in [2.24, 2.45) is 17.6 Å². The van der Waals surface area contributed by atoms with Crippen LogP contribution in [0.5, 0.6) is 0 Å². The second-order valence-electron chi connectivity index (χ2n) is 5.01. The maximum Gasteiger partial charge on any atom is 0.140 e. The monoisotopic (exact) mass is 247 g/mol. The third-order valence-electron chi connectivity index (χ3n) is 3.80. The maximum absolute atomic E-state index is 12.4. The lowest BCUT2D eigenvalue weighted by molar-refractivity contribution is -0.129. The Morgan fingerprint density at radius 1 is 1.28 bits per heavy atom. The van der Waals surface area contributed by atoms with Gasteiger partial charge in [0.25, 0.3) is 0 Å².